The number of primary sulfonamides is 1. The average molecular weight is 370 g/mol. The highest BCUT2D eigenvalue weighted by Crippen LogP contribution is 2.15. The summed E-state index contributed by atoms with van der Waals surface area (Å²) in [5.74, 6) is -0.289. The highest BCUT2D eigenvalue weighted by atomic mass is 32.2. The van der Waals surface area contributed by atoms with Crippen LogP contribution in [0.1, 0.15) is 11.1 Å². The zero-order valence-electron chi connectivity index (χ0n) is 13.0. The predicted molar refractivity (Wildman–Crippen MR) is 86.4 cm³/mol. The Bertz CT molecular complexity index is 839. The van der Waals surface area contributed by atoms with Gasteiger partial charge in [-0.25, -0.2) is 13.6 Å². The van der Waals surface area contributed by atoms with Gasteiger partial charge in [-0.15, -0.1) is 0 Å². The minimum atomic E-state index is -3.80. The van der Waals surface area contributed by atoms with E-state index in [9.17, 15) is 22.0 Å². The Kier molecular flexibility index (Phi) is 6.05. The number of rotatable bonds is 7. The molecule has 134 valence electrons. The van der Waals surface area contributed by atoms with Crippen molar-refractivity contribution >= 4 is 15.9 Å². The van der Waals surface area contributed by atoms with Gasteiger partial charge in [-0.1, -0.05) is 24.3 Å². The summed E-state index contributed by atoms with van der Waals surface area (Å²) in [5, 5.41) is 7.70. The number of nitrogens with two attached hydrogens (primary N) is 1. The van der Waals surface area contributed by atoms with Crippen molar-refractivity contribution < 1.29 is 26.7 Å². The van der Waals surface area contributed by atoms with Crippen molar-refractivity contribution in [2.75, 3.05) is 0 Å². The van der Waals surface area contributed by atoms with E-state index in [-0.39, 0.29) is 29.5 Å². The van der Waals surface area contributed by atoms with Gasteiger partial charge in [0.25, 0.3) is 0 Å². The molecule has 0 saturated heterocycles. The Morgan fingerprint density at radius 3 is 2.40 bits per heavy atom. The van der Waals surface area contributed by atoms with E-state index in [1.807, 2.05) is 0 Å². The molecular weight excluding hydrogens is 354 g/mol. The second-order valence-electron chi connectivity index (χ2n) is 5.17. The number of halogens is 2. The van der Waals surface area contributed by atoms with E-state index in [0.29, 0.717) is 11.1 Å². The topological polar surface area (TPSA) is 98.5 Å². The van der Waals surface area contributed by atoms with E-state index < -0.39 is 16.6 Å². The summed E-state index contributed by atoms with van der Waals surface area (Å²) in [7, 11) is -3.80. The molecule has 0 radical (unpaired) electrons. The second-order valence-corrected chi connectivity index (χ2v) is 6.73. The fourth-order valence-electron chi connectivity index (χ4n) is 2.07. The molecule has 3 N–H and O–H groups in total. The third-order valence-electron chi connectivity index (χ3n) is 3.23. The van der Waals surface area contributed by atoms with E-state index in [4.69, 9.17) is 5.14 Å². The standard InChI is InChI=1S/C16H16F2N2O4S/c17-16(18)24-13-6-4-11(5-7-13)9-15(21)20-10-12-2-1-3-14(8-12)25(19,22)23/h1-8,16H,9-10H2,(H,20,21)(H2,19,22,23). The number of hydrogen-bond donors (Lipinski definition) is 2. The number of carbonyl (C=O) groups is 1. The number of benzene rings is 2. The summed E-state index contributed by atoms with van der Waals surface area (Å²) in [5.41, 5.74) is 1.21. The first-order valence-corrected chi connectivity index (χ1v) is 8.71. The molecule has 0 aliphatic heterocycles. The zero-order chi connectivity index (χ0) is 18.4. The van der Waals surface area contributed by atoms with Crippen LogP contribution in [0.4, 0.5) is 8.78 Å². The lowest BCUT2D eigenvalue weighted by molar-refractivity contribution is -0.120. The molecule has 25 heavy (non-hydrogen) atoms. The van der Waals surface area contributed by atoms with Crippen LogP contribution in [0.15, 0.2) is 53.4 Å². The maximum atomic E-state index is 12.1. The first kappa shape index (κ1) is 18.8. The van der Waals surface area contributed by atoms with E-state index in [2.05, 4.69) is 10.1 Å². The Morgan fingerprint density at radius 2 is 1.80 bits per heavy atom. The zero-order valence-corrected chi connectivity index (χ0v) is 13.8. The molecule has 2 aromatic rings. The van der Waals surface area contributed by atoms with Crippen molar-refractivity contribution in [3.63, 3.8) is 0 Å². The number of nitrogens with one attached hydrogen (secondary N) is 1. The molecule has 2 aromatic carbocycles. The van der Waals surface area contributed by atoms with E-state index >= 15 is 0 Å². The Balaban J connectivity index is 1.90. The van der Waals surface area contributed by atoms with Crippen LogP contribution in [0, 0.1) is 0 Å². The molecule has 6 nitrogen and oxygen atoms in total. The van der Waals surface area contributed by atoms with Crippen molar-refractivity contribution in [2.45, 2.75) is 24.5 Å². The molecular formula is C16H16F2N2O4S. The third kappa shape index (κ3) is 6.12. The fraction of sp³-hybridized carbons (Fsp3) is 0.188. The highest BCUT2D eigenvalue weighted by Gasteiger charge is 2.09. The predicted octanol–water partition coefficient (Wildman–Crippen LogP) is 1.79. The largest absolute Gasteiger partial charge is 0.435 e. The molecule has 0 spiro atoms. The molecule has 1 amide bonds. The number of amides is 1. The molecule has 2 rings (SSSR count). The van der Waals surface area contributed by atoms with Gasteiger partial charge in [-0.3, -0.25) is 4.79 Å². The van der Waals surface area contributed by atoms with Crippen LogP contribution in [-0.4, -0.2) is 20.9 Å². The lowest BCUT2D eigenvalue weighted by Gasteiger charge is -2.08. The quantitative estimate of drug-likeness (QED) is 0.776. The van der Waals surface area contributed by atoms with E-state index in [1.54, 1.807) is 6.07 Å². The van der Waals surface area contributed by atoms with Crippen LogP contribution in [0.3, 0.4) is 0 Å². The van der Waals surface area contributed by atoms with Crippen molar-refractivity contribution in [2.24, 2.45) is 5.14 Å². The summed E-state index contributed by atoms with van der Waals surface area (Å²) in [6, 6.07) is 11.7. The molecule has 0 fully saturated rings. The van der Waals surface area contributed by atoms with E-state index in [1.165, 1.54) is 42.5 Å². The van der Waals surface area contributed by atoms with E-state index in [0.717, 1.165) is 0 Å². The van der Waals surface area contributed by atoms with Crippen LogP contribution in [0.25, 0.3) is 0 Å². The van der Waals surface area contributed by atoms with Gasteiger partial charge in [0.05, 0.1) is 11.3 Å². The molecule has 0 atom stereocenters. The van der Waals surface area contributed by atoms with Gasteiger partial charge < -0.3 is 10.1 Å². The van der Waals surface area contributed by atoms with Crippen LogP contribution in [-0.2, 0) is 27.8 Å². The Morgan fingerprint density at radius 1 is 1.12 bits per heavy atom. The third-order valence-corrected chi connectivity index (χ3v) is 4.14. The SMILES string of the molecule is NS(=O)(=O)c1cccc(CNC(=O)Cc2ccc(OC(F)F)cc2)c1. The summed E-state index contributed by atoms with van der Waals surface area (Å²) >= 11 is 0. The molecule has 0 bridgehead atoms. The first-order chi connectivity index (χ1) is 11.7. The Labute approximate surface area is 143 Å². The molecule has 0 aliphatic rings. The van der Waals surface area contributed by atoms with Gasteiger partial charge in [0, 0.05) is 6.54 Å². The van der Waals surface area contributed by atoms with Gasteiger partial charge in [0.1, 0.15) is 5.75 Å². The minimum Gasteiger partial charge on any atom is -0.435 e. The maximum absolute atomic E-state index is 12.1. The molecule has 0 saturated carbocycles. The molecule has 9 heteroatoms. The number of hydrogen-bond acceptors (Lipinski definition) is 4. The number of carbonyl (C=O) groups excluding carboxylic acids is 1. The average Bonchev–Trinajstić information content (AvgIpc) is 2.54. The lowest BCUT2D eigenvalue weighted by atomic mass is 10.1. The molecule has 0 aromatic heterocycles. The summed E-state index contributed by atoms with van der Waals surface area (Å²) in [6.45, 7) is -2.77. The monoisotopic (exact) mass is 370 g/mol. The van der Waals surface area contributed by atoms with Crippen molar-refractivity contribution in [3.05, 3.63) is 59.7 Å². The summed E-state index contributed by atoms with van der Waals surface area (Å²) < 4.78 is 50.9. The van der Waals surface area contributed by atoms with Crippen LogP contribution in [0.2, 0.25) is 0 Å². The smallest absolute Gasteiger partial charge is 0.387 e. The van der Waals surface area contributed by atoms with Crippen molar-refractivity contribution in [1.29, 1.82) is 0 Å². The number of ether oxygens (including phenoxy) is 1. The van der Waals surface area contributed by atoms with Crippen molar-refractivity contribution in [1.82, 2.24) is 5.32 Å². The van der Waals surface area contributed by atoms with Gasteiger partial charge in [0.2, 0.25) is 15.9 Å². The second kappa shape index (κ2) is 8.04. The maximum Gasteiger partial charge on any atom is 0.387 e. The molecule has 0 aliphatic carbocycles. The Hall–Kier alpha value is -2.52. The summed E-state index contributed by atoms with van der Waals surface area (Å²) in [6.07, 6.45) is 0.0455. The fourth-order valence-corrected chi connectivity index (χ4v) is 2.65. The van der Waals surface area contributed by atoms with Gasteiger partial charge in [-0.05, 0) is 35.4 Å². The van der Waals surface area contributed by atoms with Crippen molar-refractivity contribution in [3.8, 4) is 5.75 Å². The molecule has 0 unspecified atom stereocenters. The minimum absolute atomic E-state index is 0.0129. The van der Waals surface area contributed by atoms with Gasteiger partial charge in [-0.2, -0.15) is 8.78 Å². The van der Waals surface area contributed by atoms with Gasteiger partial charge in [0.15, 0.2) is 0 Å². The number of sulfonamides is 1. The first-order valence-electron chi connectivity index (χ1n) is 7.16. The van der Waals surface area contributed by atoms with Crippen LogP contribution in [0.5, 0.6) is 5.75 Å². The highest BCUT2D eigenvalue weighted by molar-refractivity contribution is 7.89. The van der Waals surface area contributed by atoms with Gasteiger partial charge >= 0.3 is 6.61 Å². The lowest BCUT2D eigenvalue weighted by Crippen LogP contribution is -2.24. The summed E-state index contributed by atoms with van der Waals surface area (Å²) in [4.78, 5) is 11.9. The molecule has 0 heterocycles. The van der Waals surface area contributed by atoms with Crippen LogP contribution >= 0.6 is 0 Å². The normalized spacial score (nSPS) is 11.4. The van der Waals surface area contributed by atoms with Crippen LogP contribution < -0.4 is 15.2 Å². The number of alkyl halides is 2.